The lowest BCUT2D eigenvalue weighted by atomic mass is 10.1. The van der Waals surface area contributed by atoms with Gasteiger partial charge in [-0.3, -0.25) is 0 Å². The number of nitrogens with one attached hydrogen (secondary N) is 1. The molecule has 0 saturated carbocycles. The van der Waals surface area contributed by atoms with Gasteiger partial charge in [0.1, 0.15) is 0 Å². The van der Waals surface area contributed by atoms with Crippen molar-refractivity contribution in [2.24, 2.45) is 0 Å². The highest BCUT2D eigenvalue weighted by molar-refractivity contribution is 7.98. The summed E-state index contributed by atoms with van der Waals surface area (Å²) in [5.41, 5.74) is 4.55. The monoisotopic (exact) mass is 421 g/mol. The van der Waals surface area contributed by atoms with E-state index in [0.717, 1.165) is 37.3 Å². The lowest BCUT2D eigenvalue weighted by molar-refractivity contribution is 0.207. The number of urea groups is 1. The fraction of sp³-hybridized carbons (Fsp3) is 0.320. The van der Waals surface area contributed by atoms with Crippen molar-refractivity contribution in [3.05, 3.63) is 83.7 Å². The highest BCUT2D eigenvalue weighted by atomic mass is 32.2. The third kappa shape index (κ3) is 5.92. The van der Waals surface area contributed by atoms with E-state index in [1.165, 1.54) is 16.0 Å². The number of nitrogens with zero attached hydrogens (tertiary/aromatic N) is 2. The summed E-state index contributed by atoms with van der Waals surface area (Å²) in [7, 11) is 0. The van der Waals surface area contributed by atoms with E-state index in [1.807, 2.05) is 35.4 Å². The standard InChI is InChI=1S/C25H31N3OS/c1-4-5-16-28(25(29)26-22-12-14-24(30-3)15-13-22)19-23-11-8-17-27(23)18-21-10-7-6-9-20(21)2/h6-15,17H,4-5,16,18-19H2,1-3H3,(H,26,29). The van der Waals surface area contributed by atoms with Crippen molar-refractivity contribution in [1.82, 2.24) is 9.47 Å². The zero-order valence-electron chi connectivity index (χ0n) is 18.1. The Morgan fingerprint density at radius 2 is 1.83 bits per heavy atom. The van der Waals surface area contributed by atoms with Gasteiger partial charge in [-0.25, -0.2) is 4.79 Å². The second-order valence-corrected chi connectivity index (χ2v) is 8.37. The molecule has 30 heavy (non-hydrogen) atoms. The van der Waals surface area contributed by atoms with Crippen LogP contribution in [0.4, 0.5) is 10.5 Å². The highest BCUT2D eigenvalue weighted by Gasteiger charge is 2.16. The molecule has 0 radical (unpaired) electrons. The largest absolute Gasteiger partial charge is 0.345 e. The molecule has 0 bridgehead atoms. The fourth-order valence-electron chi connectivity index (χ4n) is 3.39. The van der Waals surface area contributed by atoms with Crippen LogP contribution in [0.2, 0.25) is 0 Å². The van der Waals surface area contributed by atoms with E-state index in [1.54, 1.807) is 11.8 Å². The quantitative estimate of drug-likeness (QED) is 0.406. The average molecular weight is 422 g/mol. The number of hydrogen-bond acceptors (Lipinski definition) is 2. The number of thioether (sulfide) groups is 1. The molecule has 2 aromatic carbocycles. The molecule has 0 saturated heterocycles. The molecule has 0 atom stereocenters. The molecule has 0 aliphatic heterocycles. The summed E-state index contributed by atoms with van der Waals surface area (Å²) < 4.78 is 2.24. The first kappa shape index (κ1) is 22.0. The summed E-state index contributed by atoms with van der Waals surface area (Å²) in [5, 5.41) is 3.06. The number of carbonyl (C=O) groups excluding carboxylic acids is 1. The van der Waals surface area contributed by atoms with Crippen molar-refractivity contribution in [2.45, 2.75) is 44.7 Å². The van der Waals surface area contributed by atoms with Crippen LogP contribution in [0.3, 0.4) is 0 Å². The fourth-order valence-corrected chi connectivity index (χ4v) is 3.80. The smallest absolute Gasteiger partial charge is 0.322 e. The number of carbonyl (C=O) groups is 1. The predicted molar refractivity (Wildman–Crippen MR) is 127 cm³/mol. The van der Waals surface area contributed by atoms with Crippen LogP contribution in [0.1, 0.15) is 36.6 Å². The van der Waals surface area contributed by atoms with Crippen LogP contribution in [0.25, 0.3) is 0 Å². The van der Waals surface area contributed by atoms with Gasteiger partial charge in [-0.2, -0.15) is 0 Å². The molecule has 0 fully saturated rings. The molecule has 1 heterocycles. The van der Waals surface area contributed by atoms with Crippen LogP contribution in [0.5, 0.6) is 0 Å². The van der Waals surface area contributed by atoms with Gasteiger partial charge in [0.2, 0.25) is 0 Å². The third-order valence-corrected chi connectivity index (χ3v) is 6.03. The maximum Gasteiger partial charge on any atom is 0.322 e. The van der Waals surface area contributed by atoms with Crippen LogP contribution in [-0.4, -0.2) is 28.3 Å². The van der Waals surface area contributed by atoms with E-state index in [2.05, 4.69) is 66.3 Å². The summed E-state index contributed by atoms with van der Waals surface area (Å²) in [6.07, 6.45) is 6.18. The van der Waals surface area contributed by atoms with Crippen LogP contribution in [0.15, 0.2) is 71.8 Å². The number of aryl methyl sites for hydroxylation is 1. The van der Waals surface area contributed by atoms with Gasteiger partial charge in [-0.15, -0.1) is 11.8 Å². The van der Waals surface area contributed by atoms with Gasteiger partial charge in [0.25, 0.3) is 0 Å². The van der Waals surface area contributed by atoms with Gasteiger partial charge >= 0.3 is 6.03 Å². The summed E-state index contributed by atoms with van der Waals surface area (Å²) >= 11 is 1.69. The Morgan fingerprint density at radius 1 is 1.07 bits per heavy atom. The lowest BCUT2D eigenvalue weighted by Gasteiger charge is -2.24. The Kier molecular flexibility index (Phi) is 8.03. The van der Waals surface area contributed by atoms with Crippen molar-refractivity contribution < 1.29 is 4.79 Å². The van der Waals surface area contributed by atoms with E-state index >= 15 is 0 Å². The topological polar surface area (TPSA) is 37.3 Å². The summed E-state index contributed by atoms with van der Waals surface area (Å²) in [6, 6.07) is 20.6. The first-order valence-corrected chi connectivity index (χ1v) is 11.7. The molecule has 2 amide bonds. The first-order valence-electron chi connectivity index (χ1n) is 10.5. The molecule has 3 rings (SSSR count). The second-order valence-electron chi connectivity index (χ2n) is 7.49. The second kappa shape index (κ2) is 10.9. The normalized spacial score (nSPS) is 10.8. The van der Waals surface area contributed by atoms with Crippen LogP contribution in [0, 0.1) is 6.92 Å². The molecule has 5 heteroatoms. The van der Waals surface area contributed by atoms with Crippen molar-refractivity contribution >= 4 is 23.5 Å². The molecule has 1 aromatic heterocycles. The van der Waals surface area contributed by atoms with E-state index in [4.69, 9.17) is 0 Å². The minimum atomic E-state index is -0.0519. The predicted octanol–water partition coefficient (Wildman–Crippen LogP) is 6.40. The van der Waals surface area contributed by atoms with Crippen LogP contribution < -0.4 is 5.32 Å². The van der Waals surface area contributed by atoms with E-state index in [-0.39, 0.29) is 6.03 Å². The zero-order chi connectivity index (χ0) is 21.3. The number of aromatic nitrogens is 1. The number of benzene rings is 2. The molecule has 0 spiro atoms. The molecule has 0 unspecified atom stereocenters. The third-order valence-electron chi connectivity index (χ3n) is 5.29. The number of hydrogen-bond donors (Lipinski definition) is 1. The van der Waals surface area contributed by atoms with E-state index in [0.29, 0.717) is 6.54 Å². The number of unbranched alkanes of at least 4 members (excludes halogenated alkanes) is 1. The number of amides is 2. The van der Waals surface area contributed by atoms with E-state index < -0.39 is 0 Å². The summed E-state index contributed by atoms with van der Waals surface area (Å²) in [5.74, 6) is 0. The van der Waals surface area contributed by atoms with Gasteiger partial charge < -0.3 is 14.8 Å². The Labute approximate surface area is 184 Å². The molecule has 3 aromatic rings. The zero-order valence-corrected chi connectivity index (χ0v) is 18.9. The molecule has 0 aliphatic rings. The summed E-state index contributed by atoms with van der Waals surface area (Å²) in [6.45, 7) is 6.43. The molecule has 1 N–H and O–H groups in total. The van der Waals surface area contributed by atoms with Crippen molar-refractivity contribution in [2.75, 3.05) is 18.1 Å². The summed E-state index contributed by atoms with van der Waals surface area (Å²) in [4.78, 5) is 16.1. The minimum Gasteiger partial charge on any atom is -0.345 e. The molecule has 0 aliphatic carbocycles. The Balaban J connectivity index is 1.72. The Bertz CT molecular complexity index is 949. The number of rotatable bonds is 9. The van der Waals surface area contributed by atoms with Crippen LogP contribution >= 0.6 is 11.8 Å². The van der Waals surface area contributed by atoms with Gasteiger partial charge in [0, 0.05) is 35.6 Å². The highest BCUT2D eigenvalue weighted by Crippen LogP contribution is 2.19. The van der Waals surface area contributed by atoms with Gasteiger partial charge in [0.15, 0.2) is 0 Å². The molecule has 158 valence electrons. The number of anilines is 1. The Hall–Kier alpha value is -2.66. The van der Waals surface area contributed by atoms with Crippen molar-refractivity contribution in [1.29, 1.82) is 0 Å². The van der Waals surface area contributed by atoms with Crippen molar-refractivity contribution in [3.63, 3.8) is 0 Å². The SMILES string of the molecule is CCCCN(Cc1cccn1Cc1ccccc1C)C(=O)Nc1ccc(SC)cc1. The molecular formula is C25H31N3OS. The van der Waals surface area contributed by atoms with Crippen LogP contribution in [-0.2, 0) is 13.1 Å². The average Bonchev–Trinajstić information content (AvgIpc) is 3.19. The maximum atomic E-state index is 13.0. The van der Waals surface area contributed by atoms with Crippen molar-refractivity contribution in [3.8, 4) is 0 Å². The first-order chi connectivity index (χ1) is 14.6. The van der Waals surface area contributed by atoms with Gasteiger partial charge in [-0.1, -0.05) is 37.6 Å². The lowest BCUT2D eigenvalue weighted by Crippen LogP contribution is -2.36. The van der Waals surface area contributed by atoms with Gasteiger partial charge in [0.05, 0.1) is 6.54 Å². The minimum absolute atomic E-state index is 0.0519. The molecular weight excluding hydrogens is 390 g/mol. The maximum absolute atomic E-state index is 13.0. The van der Waals surface area contributed by atoms with E-state index in [9.17, 15) is 4.79 Å². The molecule has 4 nitrogen and oxygen atoms in total. The Morgan fingerprint density at radius 3 is 2.53 bits per heavy atom. The van der Waals surface area contributed by atoms with Gasteiger partial charge in [-0.05, 0) is 67.1 Å².